The van der Waals surface area contributed by atoms with Crippen LogP contribution in [0, 0.1) is 0 Å². The maximum atomic E-state index is 12.7. The second-order valence-corrected chi connectivity index (χ2v) is 8.73. The van der Waals surface area contributed by atoms with Crippen molar-refractivity contribution in [1.29, 1.82) is 0 Å². The van der Waals surface area contributed by atoms with Gasteiger partial charge in [0.1, 0.15) is 5.75 Å². The zero-order valence-electron chi connectivity index (χ0n) is 14.8. The molecule has 0 saturated carbocycles. The molecule has 1 atom stereocenters. The number of methoxy groups -OCH3 is 1. The van der Waals surface area contributed by atoms with E-state index in [0.29, 0.717) is 18.7 Å². The van der Waals surface area contributed by atoms with E-state index in [1.807, 2.05) is 54.6 Å². The lowest BCUT2D eigenvalue weighted by Crippen LogP contribution is -2.34. The molecule has 1 fully saturated rings. The fraction of sp³-hybridized carbons (Fsp3) is 0.350. The molecule has 0 aromatic heterocycles. The molecule has 1 aliphatic heterocycles. The lowest BCUT2D eigenvalue weighted by Gasteiger charge is -2.20. The zero-order chi connectivity index (χ0) is 18.6. The van der Waals surface area contributed by atoms with Gasteiger partial charge in [-0.2, -0.15) is 0 Å². The molecule has 1 amide bonds. The molecular formula is C20H23NO4S. The molecule has 2 aromatic carbocycles. The van der Waals surface area contributed by atoms with Crippen LogP contribution in [0.4, 0.5) is 0 Å². The quantitative estimate of drug-likeness (QED) is 0.826. The van der Waals surface area contributed by atoms with Crippen LogP contribution in [0.15, 0.2) is 54.6 Å². The maximum Gasteiger partial charge on any atom is 0.227 e. The molecule has 0 aliphatic carbocycles. The largest absolute Gasteiger partial charge is 0.496 e. The van der Waals surface area contributed by atoms with E-state index in [-0.39, 0.29) is 24.6 Å². The first-order valence-electron chi connectivity index (χ1n) is 8.67. The van der Waals surface area contributed by atoms with E-state index in [1.165, 1.54) is 0 Å². The van der Waals surface area contributed by atoms with E-state index < -0.39 is 15.1 Å². The van der Waals surface area contributed by atoms with Gasteiger partial charge in [0.2, 0.25) is 5.91 Å². The van der Waals surface area contributed by atoms with Gasteiger partial charge in [0, 0.05) is 18.7 Å². The van der Waals surface area contributed by atoms with Crippen LogP contribution in [0.25, 0.3) is 0 Å². The number of sulfone groups is 1. The lowest BCUT2D eigenvalue weighted by atomic mass is 10.1. The lowest BCUT2D eigenvalue weighted by molar-refractivity contribution is -0.130. The van der Waals surface area contributed by atoms with Crippen LogP contribution in [-0.4, -0.2) is 45.2 Å². The molecule has 1 aliphatic rings. The van der Waals surface area contributed by atoms with Gasteiger partial charge >= 0.3 is 0 Å². The van der Waals surface area contributed by atoms with E-state index in [1.54, 1.807) is 12.0 Å². The maximum absolute atomic E-state index is 12.7. The summed E-state index contributed by atoms with van der Waals surface area (Å²) in [6, 6.07) is 16.7. The third-order valence-electron chi connectivity index (χ3n) is 4.80. The number of amides is 1. The summed E-state index contributed by atoms with van der Waals surface area (Å²) >= 11 is 0. The van der Waals surface area contributed by atoms with Crippen molar-refractivity contribution in [3.05, 3.63) is 65.7 Å². The van der Waals surface area contributed by atoms with Crippen molar-refractivity contribution >= 4 is 15.7 Å². The molecule has 6 heteroatoms. The van der Waals surface area contributed by atoms with Crippen LogP contribution in [0.5, 0.6) is 5.75 Å². The summed E-state index contributed by atoms with van der Waals surface area (Å²) in [5, 5.41) is -0.548. The van der Waals surface area contributed by atoms with Crippen LogP contribution >= 0.6 is 0 Å². The van der Waals surface area contributed by atoms with Crippen LogP contribution in [0.1, 0.15) is 22.8 Å². The Balaban J connectivity index is 1.74. The summed E-state index contributed by atoms with van der Waals surface area (Å²) in [5.74, 6) is 0.591. The van der Waals surface area contributed by atoms with Crippen molar-refractivity contribution in [2.45, 2.75) is 18.1 Å². The number of ether oxygens (including phenoxy) is 1. The summed E-state index contributed by atoms with van der Waals surface area (Å²) < 4.78 is 30.6. The molecular weight excluding hydrogens is 350 g/mol. The Labute approximate surface area is 154 Å². The molecule has 26 heavy (non-hydrogen) atoms. The Morgan fingerprint density at radius 1 is 1.08 bits per heavy atom. The van der Waals surface area contributed by atoms with Gasteiger partial charge in [-0.3, -0.25) is 4.79 Å². The van der Waals surface area contributed by atoms with E-state index in [0.717, 1.165) is 11.1 Å². The predicted octanol–water partition coefficient (Wildman–Crippen LogP) is 2.63. The number of carbonyl (C=O) groups is 1. The molecule has 0 bridgehead atoms. The Morgan fingerprint density at radius 3 is 2.50 bits per heavy atom. The minimum atomic E-state index is -3.28. The van der Waals surface area contributed by atoms with Crippen molar-refractivity contribution in [2.24, 2.45) is 0 Å². The number of benzene rings is 2. The first-order chi connectivity index (χ1) is 12.5. The van der Waals surface area contributed by atoms with Crippen LogP contribution < -0.4 is 4.74 Å². The van der Waals surface area contributed by atoms with Crippen molar-refractivity contribution in [1.82, 2.24) is 4.90 Å². The van der Waals surface area contributed by atoms with E-state index in [2.05, 4.69) is 0 Å². The van der Waals surface area contributed by atoms with E-state index in [4.69, 9.17) is 4.74 Å². The highest BCUT2D eigenvalue weighted by Gasteiger charge is 2.32. The zero-order valence-corrected chi connectivity index (χ0v) is 15.6. The van der Waals surface area contributed by atoms with Gasteiger partial charge < -0.3 is 9.64 Å². The van der Waals surface area contributed by atoms with Crippen molar-refractivity contribution < 1.29 is 17.9 Å². The minimum Gasteiger partial charge on any atom is -0.496 e. The molecule has 1 heterocycles. The van der Waals surface area contributed by atoms with Gasteiger partial charge in [0.05, 0.1) is 24.5 Å². The molecule has 0 spiro atoms. The number of hydrogen-bond donors (Lipinski definition) is 0. The molecule has 138 valence electrons. The highest BCUT2D eigenvalue weighted by atomic mass is 32.2. The molecule has 0 N–H and O–H groups in total. The van der Waals surface area contributed by atoms with Gasteiger partial charge in [-0.05, 0) is 18.1 Å². The average molecular weight is 373 g/mol. The SMILES string of the molecule is COc1ccccc1CC(=O)N1CCC(c2ccccc2)S(=O)(=O)CC1. The summed E-state index contributed by atoms with van der Waals surface area (Å²) in [6.07, 6.45) is 0.629. The number of rotatable bonds is 4. The second-order valence-electron chi connectivity index (χ2n) is 6.42. The Hall–Kier alpha value is -2.34. The third kappa shape index (κ3) is 4.07. The first-order valence-corrected chi connectivity index (χ1v) is 10.4. The molecule has 1 unspecified atom stereocenters. The number of nitrogens with zero attached hydrogens (tertiary/aromatic N) is 1. The Bertz CT molecular complexity index is 864. The van der Waals surface area contributed by atoms with Crippen LogP contribution in [-0.2, 0) is 21.1 Å². The fourth-order valence-electron chi connectivity index (χ4n) is 3.36. The monoisotopic (exact) mass is 373 g/mol. The predicted molar refractivity (Wildman–Crippen MR) is 101 cm³/mol. The van der Waals surface area contributed by atoms with Gasteiger partial charge in [-0.15, -0.1) is 0 Å². The standard InChI is InChI=1S/C20H23NO4S/c1-25-18-10-6-5-9-17(18)15-20(22)21-12-11-19(26(23,24)14-13-21)16-7-3-2-4-8-16/h2-10,19H,11-15H2,1H3. The van der Waals surface area contributed by atoms with Crippen molar-refractivity contribution in [2.75, 3.05) is 26.0 Å². The first kappa shape index (κ1) is 18.5. The minimum absolute atomic E-state index is 0.00970. The van der Waals surface area contributed by atoms with E-state index in [9.17, 15) is 13.2 Å². The van der Waals surface area contributed by atoms with Gasteiger partial charge in [0.25, 0.3) is 0 Å². The van der Waals surface area contributed by atoms with Gasteiger partial charge in [-0.25, -0.2) is 8.42 Å². The third-order valence-corrected chi connectivity index (χ3v) is 6.93. The molecule has 0 radical (unpaired) electrons. The normalized spacial score (nSPS) is 19.6. The number of para-hydroxylation sites is 1. The average Bonchev–Trinajstić information content (AvgIpc) is 2.81. The Kier molecular flexibility index (Phi) is 5.61. The fourth-order valence-corrected chi connectivity index (χ4v) is 5.15. The summed E-state index contributed by atoms with van der Waals surface area (Å²) in [5.41, 5.74) is 1.61. The number of carbonyl (C=O) groups excluding carboxylic acids is 1. The molecule has 2 aromatic rings. The van der Waals surface area contributed by atoms with E-state index >= 15 is 0 Å². The van der Waals surface area contributed by atoms with Crippen LogP contribution in [0.2, 0.25) is 0 Å². The Morgan fingerprint density at radius 2 is 1.77 bits per heavy atom. The molecule has 5 nitrogen and oxygen atoms in total. The molecule has 1 saturated heterocycles. The highest BCUT2D eigenvalue weighted by Crippen LogP contribution is 2.29. The summed E-state index contributed by atoms with van der Waals surface area (Å²) in [6.45, 7) is 0.673. The number of hydrogen-bond acceptors (Lipinski definition) is 4. The molecule has 3 rings (SSSR count). The van der Waals surface area contributed by atoms with Gasteiger partial charge in [0.15, 0.2) is 9.84 Å². The topological polar surface area (TPSA) is 63.7 Å². The van der Waals surface area contributed by atoms with Crippen LogP contribution in [0.3, 0.4) is 0 Å². The smallest absolute Gasteiger partial charge is 0.227 e. The summed E-state index contributed by atoms with van der Waals surface area (Å²) in [4.78, 5) is 14.4. The highest BCUT2D eigenvalue weighted by molar-refractivity contribution is 7.91. The van der Waals surface area contributed by atoms with Gasteiger partial charge in [-0.1, -0.05) is 48.5 Å². The van der Waals surface area contributed by atoms with Crippen molar-refractivity contribution in [3.63, 3.8) is 0 Å². The summed E-state index contributed by atoms with van der Waals surface area (Å²) in [7, 11) is -1.71. The second kappa shape index (κ2) is 7.91. The van der Waals surface area contributed by atoms with Crippen molar-refractivity contribution in [3.8, 4) is 5.75 Å².